The van der Waals surface area contributed by atoms with Crippen molar-refractivity contribution in [2.24, 2.45) is 0 Å². The van der Waals surface area contributed by atoms with E-state index in [1.807, 2.05) is 24.1 Å². The third kappa shape index (κ3) is 2.76. The van der Waals surface area contributed by atoms with E-state index in [1.54, 1.807) is 13.1 Å². The Morgan fingerprint density at radius 2 is 1.95 bits per heavy atom. The van der Waals surface area contributed by atoms with E-state index in [0.717, 1.165) is 17.1 Å². The first-order valence-corrected chi connectivity index (χ1v) is 6.44. The second kappa shape index (κ2) is 5.41. The van der Waals surface area contributed by atoms with E-state index < -0.39 is 6.10 Å². The van der Waals surface area contributed by atoms with Crippen molar-refractivity contribution in [2.45, 2.75) is 26.9 Å². The Morgan fingerprint density at radius 1 is 1.21 bits per heavy atom. The van der Waals surface area contributed by atoms with Gasteiger partial charge in [0, 0.05) is 24.5 Å². The molecule has 0 aliphatic heterocycles. The molecular formula is C16H20N2O. The van der Waals surface area contributed by atoms with Gasteiger partial charge >= 0.3 is 0 Å². The fraction of sp³-hybridized carbons (Fsp3) is 0.312. The first-order valence-electron chi connectivity index (χ1n) is 6.44. The number of aliphatic hydroxyl groups excluding tert-OH is 1. The van der Waals surface area contributed by atoms with E-state index in [1.165, 1.54) is 11.1 Å². The summed E-state index contributed by atoms with van der Waals surface area (Å²) in [5.41, 5.74) is 4.38. The van der Waals surface area contributed by atoms with Crippen LogP contribution in [-0.4, -0.2) is 17.1 Å². The van der Waals surface area contributed by atoms with Gasteiger partial charge in [-0.15, -0.1) is 0 Å². The van der Waals surface area contributed by atoms with Crippen LogP contribution in [0.4, 0.5) is 11.5 Å². The Kier molecular flexibility index (Phi) is 3.86. The third-order valence-electron chi connectivity index (χ3n) is 3.30. The summed E-state index contributed by atoms with van der Waals surface area (Å²) in [6.45, 7) is 5.93. The predicted octanol–water partition coefficient (Wildman–Crippen LogP) is 3.52. The molecule has 1 aromatic heterocycles. The smallest absolute Gasteiger partial charge is 0.138 e. The van der Waals surface area contributed by atoms with Crippen LogP contribution in [0, 0.1) is 13.8 Å². The number of benzene rings is 1. The maximum Gasteiger partial charge on any atom is 0.138 e. The molecule has 3 nitrogen and oxygen atoms in total. The molecule has 1 N–H and O–H groups in total. The summed E-state index contributed by atoms with van der Waals surface area (Å²) < 4.78 is 0. The lowest BCUT2D eigenvalue weighted by Crippen LogP contribution is -2.15. The minimum absolute atomic E-state index is 0.531. The van der Waals surface area contributed by atoms with Gasteiger partial charge in [-0.3, -0.25) is 0 Å². The van der Waals surface area contributed by atoms with Crippen LogP contribution in [0.25, 0.3) is 0 Å². The highest BCUT2D eigenvalue weighted by atomic mass is 16.3. The second-order valence-electron chi connectivity index (χ2n) is 4.94. The molecule has 1 atom stereocenters. The molecule has 0 amide bonds. The fourth-order valence-electron chi connectivity index (χ4n) is 2.31. The molecule has 0 bridgehead atoms. The zero-order chi connectivity index (χ0) is 14.0. The van der Waals surface area contributed by atoms with Crippen molar-refractivity contribution in [1.29, 1.82) is 0 Å². The Hall–Kier alpha value is -1.87. The normalized spacial score (nSPS) is 12.3. The summed E-state index contributed by atoms with van der Waals surface area (Å²) in [7, 11) is 1.98. The molecule has 0 radical (unpaired) electrons. The van der Waals surface area contributed by atoms with Crippen molar-refractivity contribution in [2.75, 3.05) is 11.9 Å². The first-order chi connectivity index (χ1) is 9.00. The van der Waals surface area contributed by atoms with Crippen molar-refractivity contribution in [3.8, 4) is 0 Å². The molecule has 1 heterocycles. The minimum Gasteiger partial charge on any atom is -0.389 e. The molecular weight excluding hydrogens is 236 g/mol. The van der Waals surface area contributed by atoms with Gasteiger partial charge in [0.15, 0.2) is 0 Å². The third-order valence-corrected chi connectivity index (χ3v) is 3.30. The molecule has 100 valence electrons. The molecule has 0 saturated heterocycles. The molecule has 0 aliphatic carbocycles. The highest BCUT2D eigenvalue weighted by Crippen LogP contribution is 2.30. The van der Waals surface area contributed by atoms with Gasteiger partial charge in [0.1, 0.15) is 5.82 Å². The van der Waals surface area contributed by atoms with Crippen LogP contribution in [0.5, 0.6) is 0 Å². The van der Waals surface area contributed by atoms with E-state index in [0.29, 0.717) is 0 Å². The largest absolute Gasteiger partial charge is 0.389 e. The van der Waals surface area contributed by atoms with Crippen molar-refractivity contribution >= 4 is 11.5 Å². The molecule has 2 aromatic rings. The van der Waals surface area contributed by atoms with Crippen LogP contribution < -0.4 is 4.90 Å². The summed E-state index contributed by atoms with van der Waals surface area (Å²) in [5, 5.41) is 9.85. The van der Waals surface area contributed by atoms with Crippen LogP contribution >= 0.6 is 0 Å². The van der Waals surface area contributed by atoms with Gasteiger partial charge in [-0.25, -0.2) is 4.98 Å². The molecule has 0 spiro atoms. The number of rotatable bonds is 3. The van der Waals surface area contributed by atoms with Crippen LogP contribution in [0.15, 0.2) is 36.5 Å². The van der Waals surface area contributed by atoms with Gasteiger partial charge in [0.25, 0.3) is 0 Å². The zero-order valence-corrected chi connectivity index (χ0v) is 11.9. The number of nitrogens with zero attached hydrogens (tertiary/aromatic N) is 2. The maximum absolute atomic E-state index is 9.85. The van der Waals surface area contributed by atoms with Gasteiger partial charge in [-0.1, -0.05) is 23.8 Å². The lowest BCUT2D eigenvalue weighted by atomic mass is 10.1. The first kappa shape index (κ1) is 13.6. The monoisotopic (exact) mass is 256 g/mol. The average molecular weight is 256 g/mol. The summed E-state index contributed by atoms with van der Waals surface area (Å²) >= 11 is 0. The standard InChI is InChI=1S/C16H20N2O/c1-11-7-8-15(12(2)10-11)18(4)16-14(13(3)19)6-5-9-17-16/h5-10,13,19H,1-4H3/t13-/m0/s1. The van der Waals surface area contributed by atoms with Crippen molar-refractivity contribution in [1.82, 2.24) is 4.98 Å². The Balaban J connectivity index is 2.47. The number of aliphatic hydroxyl groups is 1. The zero-order valence-electron chi connectivity index (χ0n) is 11.9. The molecule has 19 heavy (non-hydrogen) atoms. The average Bonchev–Trinajstić information content (AvgIpc) is 2.38. The van der Waals surface area contributed by atoms with Crippen LogP contribution in [-0.2, 0) is 0 Å². The van der Waals surface area contributed by atoms with E-state index >= 15 is 0 Å². The number of hydrogen-bond acceptors (Lipinski definition) is 3. The van der Waals surface area contributed by atoms with Crippen LogP contribution in [0.2, 0.25) is 0 Å². The topological polar surface area (TPSA) is 36.4 Å². The Morgan fingerprint density at radius 3 is 2.58 bits per heavy atom. The van der Waals surface area contributed by atoms with Crippen LogP contribution in [0.1, 0.15) is 29.7 Å². The van der Waals surface area contributed by atoms with E-state index in [4.69, 9.17) is 0 Å². The number of aromatic nitrogens is 1. The molecule has 0 unspecified atom stereocenters. The Labute approximate surface area is 114 Å². The SMILES string of the molecule is Cc1ccc(N(C)c2ncccc2[C@H](C)O)c(C)c1. The van der Waals surface area contributed by atoms with Gasteiger partial charge in [0.2, 0.25) is 0 Å². The summed E-state index contributed by atoms with van der Waals surface area (Å²) in [5.74, 6) is 0.796. The molecule has 2 rings (SSSR count). The molecule has 0 fully saturated rings. The number of hydrogen-bond donors (Lipinski definition) is 1. The highest BCUT2D eigenvalue weighted by Gasteiger charge is 2.15. The second-order valence-corrected chi connectivity index (χ2v) is 4.94. The quantitative estimate of drug-likeness (QED) is 0.912. The van der Waals surface area contributed by atoms with Crippen molar-refractivity contribution < 1.29 is 5.11 Å². The Bertz CT molecular complexity index is 579. The summed E-state index contributed by atoms with van der Waals surface area (Å²) in [4.78, 5) is 6.43. The lowest BCUT2D eigenvalue weighted by molar-refractivity contribution is 0.199. The van der Waals surface area contributed by atoms with E-state index in [2.05, 4.69) is 37.0 Å². The van der Waals surface area contributed by atoms with Gasteiger partial charge in [0.05, 0.1) is 6.10 Å². The maximum atomic E-state index is 9.85. The van der Waals surface area contributed by atoms with E-state index in [-0.39, 0.29) is 0 Å². The van der Waals surface area contributed by atoms with Crippen LogP contribution in [0.3, 0.4) is 0 Å². The highest BCUT2D eigenvalue weighted by molar-refractivity contribution is 5.65. The van der Waals surface area contributed by atoms with Gasteiger partial charge in [-0.05, 0) is 38.5 Å². The number of aryl methyl sites for hydroxylation is 2. The number of anilines is 2. The molecule has 0 aliphatic rings. The van der Waals surface area contributed by atoms with Crippen molar-refractivity contribution in [3.05, 3.63) is 53.2 Å². The fourth-order valence-corrected chi connectivity index (χ4v) is 2.31. The molecule has 0 saturated carbocycles. The summed E-state index contributed by atoms with van der Waals surface area (Å²) in [6, 6.07) is 10.1. The molecule has 1 aromatic carbocycles. The lowest BCUT2D eigenvalue weighted by Gasteiger charge is -2.24. The summed E-state index contributed by atoms with van der Waals surface area (Å²) in [6.07, 6.45) is 1.22. The number of pyridine rings is 1. The predicted molar refractivity (Wildman–Crippen MR) is 78.8 cm³/mol. The van der Waals surface area contributed by atoms with Gasteiger partial charge in [-0.2, -0.15) is 0 Å². The molecule has 3 heteroatoms. The van der Waals surface area contributed by atoms with Crippen molar-refractivity contribution in [3.63, 3.8) is 0 Å². The van der Waals surface area contributed by atoms with E-state index in [9.17, 15) is 5.11 Å². The minimum atomic E-state index is -0.531. The van der Waals surface area contributed by atoms with Gasteiger partial charge < -0.3 is 10.0 Å².